The fraction of sp³-hybridized carbons (Fsp3) is 0.115. The van der Waals surface area contributed by atoms with E-state index in [1.54, 1.807) is 7.05 Å². The van der Waals surface area contributed by atoms with E-state index in [0.717, 1.165) is 22.5 Å². The number of nitrogens with zero attached hydrogens (tertiary/aromatic N) is 1. The minimum absolute atomic E-state index is 0.0649. The van der Waals surface area contributed by atoms with Crippen molar-refractivity contribution in [2.24, 2.45) is 0 Å². The molecule has 0 spiro atoms. The van der Waals surface area contributed by atoms with E-state index in [1.807, 2.05) is 78.9 Å². The standard InChI is InChI=1S/C26H24N4O3/c1-17(31)27-16-23(32)30(2)20-14-12-19(13-15-20)28-25(18-8-4-3-5-9-18)24-21-10-6-7-11-22(21)29-26(24)33/h3-15,28H,16H2,1-2H3,(H,27,31)(H,29,33). The molecule has 1 aliphatic rings. The number of nitrogens with one attached hydrogen (secondary N) is 3. The number of amides is 3. The molecule has 0 aliphatic carbocycles. The quantitative estimate of drug-likeness (QED) is 0.510. The highest BCUT2D eigenvalue weighted by Crippen LogP contribution is 2.37. The average Bonchev–Trinajstić information content (AvgIpc) is 3.17. The molecule has 0 fully saturated rings. The molecule has 7 heteroatoms. The third-order valence-electron chi connectivity index (χ3n) is 5.37. The van der Waals surface area contributed by atoms with Crippen LogP contribution in [0, 0.1) is 0 Å². The second-order valence-corrected chi connectivity index (χ2v) is 7.65. The first-order valence-corrected chi connectivity index (χ1v) is 10.5. The predicted molar refractivity (Wildman–Crippen MR) is 130 cm³/mol. The monoisotopic (exact) mass is 440 g/mol. The minimum Gasteiger partial charge on any atom is -0.354 e. The summed E-state index contributed by atoms with van der Waals surface area (Å²) in [5.74, 6) is -0.644. The Labute approximate surface area is 192 Å². The van der Waals surface area contributed by atoms with Crippen LogP contribution in [0.25, 0.3) is 11.3 Å². The lowest BCUT2D eigenvalue weighted by atomic mass is 10.00. The largest absolute Gasteiger partial charge is 0.354 e. The molecule has 3 aromatic carbocycles. The highest BCUT2D eigenvalue weighted by Gasteiger charge is 2.28. The number of para-hydroxylation sites is 1. The Hall–Kier alpha value is -4.39. The topological polar surface area (TPSA) is 90.5 Å². The summed E-state index contributed by atoms with van der Waals surface area (Å²) in [5.41, 5.74) is 5.23. The molecular formula is C26H24N4O3. The smallest absolute Gasteiger partial charge is 0.258 e. The van der Waals surface area contributed by atoms with Crippen LogP contribution in [0.15, 0.2) is 78.9 Å². The van der Waals surface area contributed by atoms with Gasteiger partial charge in [0.05, 0.1) is 17.8 Å². The van der Waals surface area contributed by atoms with Crippen molar-refractivity contribution in [1.82, 2.24) is 5.32 Å². The molecule has 3 amide bonds. The zero-order valence-electron chi connectivity index (χ0n) is 18.4. The van der Waals surface area contributed by atoms with Crippen molar-refractivity contribution in [3.63, 3.8) is 0 Å². The van der Waals surface area contributed by atoms with Crippen molar-refractivity contribution in [1.29, 1.82) is 0 Å². The second-order valence-electron chi connectivity index (χ2n) is 7.65. The molecule has 0 aromatic heterocycles. The van der Waals surface area contributed by atoms with Crippen LogP contribution >= 0.6 is 0 Å². The van der Waals surface area contributed by atoms with Gasteiger partial charge in [0.15, 0.2) is 0 Å². The molecule has 0 radical (unpaired) electrons. The van der Waals surface area contributed by atoms with Crippen molar-refractivity contribution in [3.05, 3.63) is 90.0 Å². The molecule has 166 valence electrons. The summed E-state index contributed by atoms with van der Waals surface area (Å²) < 4.78 is 0. The van der Waals surface area contributed by atoms with E-state index in [0.29, 0.717) is 17.0 Å². The Morgan fingerprint density at radius 1 is 0.909 bits per heavy atom. The molecule has 0 saturated carbocycles. The molecule has 7 nitrogen and oxygen atoms in total. The van der Waals surface area contributed by atoms with E-state index in [1.165, 1.54) is 11.8 Å². The minimum atomic E-state index is -0.254. The Balaban J connectivity index is 1.64. The van der Waals surface area contributed by atoms with Gasteiger partial charge in [0.2, 0.25) is 11.8 Å². The number of anilines is 3. The SMILES string of the molecule is CC(=O)NCC(=O)N(C)c1ccc(NC(=C2C(=O)Nc3ccccc32)c2ccccc2)cc1. The fourth-order valence-electron chi connectivity index (χ4n) is 3.62. The molecule has 1 aliphatic heterocycles. The number of carbonyl (C=O) groups excluding carboxylic acids is 3. The van der Waals surface area contributed by atoms with E-state index < -0.39 is 0 Å². The maximum Gasteiger partial charge on any atom is 0.258 e. The zero-order chi connectivity index (χ0) is 23.4. The van der Waals surface area contributed by atoms with Crippen LogP contribution in [0.3, 0.4) is 0 Å². The van der Waals surface area contributed by atoms with Crippen LogP contribution < -0.4 is 20.9 Å². The molecule has 0 bridgehead atoms. The van der Waals surface area contributed by atoms with Crippen LogP contribution in [0.2, 0.25) is 0 Å². The molecule has 0 unspecified atom stereocenters. The summed E-state index contributed by atoms with van der Waals surface area (Å²) in [6, 6.07) is 24.6. The van der Waals surface area contributed by atoms with Crippen molar-refractivity contribution in [2.75, 3.05) is 29.1 Å². The maximum absolute atomic E-state index is 12.9. The van der Waals surface area contributed by atoms with Crippen LogP contribution in [0.1, 0.15) is 18.1 Å². The third-order valence-corrected chi connectivity index (χ3v) is 5.37. The summed E-state index contributed by atoms with van der Waals surface area (Å²) in [4.78, 5) is 37.7. The van der Waals surface area contributed by atoms with Crippen LogP contribution in [-0.4, -0.2) is 31.3 Å². The molecule has 33 heavy (non-hydrogen) atoms. The lowest BCUT2D eigenvalue weighted by molar-refractivity contribution is -0.123. The Kier molecular flexibility index (Phi) is 6.22. The Morgan fingerprint density at radius 3 is 2.27 bits per heavy atom. The van der Waals surface area contributed by atoms with Gasteiger partial charge in [0.1, 0.15) is 0 Å². The van der Waals surface area contributed by atoms with Gasteiger partial charge in [-0.05, 0) is 35.9 Å². The van der Waals surface area contributed by atoms with Crippen LogP contribution in [0.5, 0.6) is 0 Å². The number of hydrogen-bond acceptors (Lipinski definition) is 4. The fourth-order valence-corrected chi connectivity index (χ4v) is 3.62. The van der Waals surface area contributed by atoms with Crippen LogP contribution in [0.4, 0.5) is 17.1 Å². The molecule has 1 heterocycles. The van der Waals surface area contributed by atoms with Gasteiger partial charge in [-0.15, -0.1) is 0 Å². The highest BCUT2D eigenvalue weighted by atomic mass is 16.2. The number of carbonyl (C=O) groups is 3. The third kappa shape index (κ3) is 4.77. The molecule has 0 saturated heterocycles. The first kappa shape index (κ1) is 21.8. The van der Waals surface area contributed by atoms with E-state index >= 15 is 0 Å². The highest BCUT2D eigenvalue weighted by molar-refractivity contribution is 6.37. The maximum atomic E-state index is 12.9. The van der Waals surface area contributed by atoms with Gasteiger partial charge < -0.3 is 20.9 Å². The van der Waals surface area contributed by atoms with Gasteiger partial charge in [0.25, 0.3) is 5.91 Å². The normalized spacial score (nSPS) is 13.6. The Bertz CT molecular complexity index is 1230. The van der Waals surface area contributed by atoms with Gasteiger partial charge in [-0.2, -0.15) is 0 Å². The lowest BCUT2D eigenvalue weighted by Crippen LogP contribution is -2.37. The number of rotatable bonds is 6. The summed E-state index contributed by atoms with van der Waals surface area (Å²) in [6.07, 6.45) is 0. The van der Waals surface area contributed by atoms with E-state index in [9.17, 15) is 14.4 Å². The number of benzene rings is 3. The summed E-state index contributed by atoms with van der Waals surface area (Å²) >= 11 is 0. The van der Waals surface area contributed by atoms with Crippen molar-refractivity contribution in [2.45, 2.75) is 6.92 Å². The van der Waals surface area contributed by atoms with Crippen molar-refractivity contribution >= 4 is 46.1 Å². The van der Waals surface area contributed by atoms with E-state index in [4.69, 9.17) is 0 Å². The van der Waals surface area contributed by atoms with Gasteiger partial charge in [-0.3, -0.25) is 14.4 Å². The van der Waals surface area contributed by atoms with Gasteiger partial charge in [-0.1, -0.05) is 48.5 Å². The van der Waals surface area contributed by atoms with Gasteiger partial charge in [0, 0.05) is 36.6 Å². The lowest BCUT2D eigenvalue weighted by Gasteiger charge is -2.19. The number of fused-ring (bicyclic) bond motifs is 1. The summed E-state index contributed by atoms with van der Waals surface area (Å²) in [6.45, 7) is 1.31. The molecule has 0 atom stereocenters. The summed E-state index contributed by atoms with van der Waals surface area (Å²) in [5, 5.41) is 8.84. The van der Waals surface area contributed by atoms with E-state index in [-0.39, 0.29) is 24.3 Å². The first-order valence-electron chi connectivity index (χ1n) is 10.5. The van der Waals surface area contributed by atoms with Gasteiger partial charge in [-0.25, -0.2) is 0 Å². The predicted octanol–water partition coefficient (Wildman–Crippen LogP) is 3.72. The van der Waals surface area contributed by atoms with E-state index in [2.05, 4.69) is 16.0 Å². The Morgan fingerprint density at radius 2 is 1.58 bits per heavy atom. The zero-order valence-corrected chi connectivity index (χ0v) is 18.4. The van der Waals surface area contributed by atoms with Crippen molar-refractivity contribution in [3.8, 4) is 0 Å². The number of hydrogen-bond donors (Lipinski definition) is 3. The van der Waals surface area contributed by atoms with Crippen molar-refractivity contribution < 1.29 is 14.4 Å². The first-order chi connectivity index (χ1) is 15.9. The van der Waals surface area contributed by atoms with Gasteiger partial charge >= 0.3 is 0 Å². The number of likely N-dealkylation sites (N-methyl/N-ethyl adjacent to an activating group) is 1. The van der Waals surface area contributed by atoms with Crippen LogP contribution in [-0.2, 0) is 14.4 Å². The molecule has 3 aromatic rings. The summed E-state index contributed by atoms with van der Waals surface area (Å²) in [7, 11) is 1.66. The average molecular weight is 441 g/mol. The molecule has 4 rings (SSSR count). The molecule has 3 N–H and O–H groups in total. The second kappa shape index (κ2) is 9.40. The molecular weight excluding hydrogens is 416 g/mol.